The minimum atomic E-state index is -1.09. The van der Waals surface area contributed by atoms with Crippen molar-refractivity contribution in [2.24, 2.45) is 5.92 Å². The fourth-order valence-corrected chi connectivity index (χ4v) is 0.928. The van der Waals surface area contributed by atoms with E-state index in [4.69, 9.17) is 5.11 Å². The standard InChI is InChI=1S/C9H14O3/c1-4-7(8(10)5-2)6(3)9(11)12/h4,7-8,10H,1,3,5H2,2H3,(H,11,12). The average Bonchev–Trinajstić information content (AvgIpc) is 2.05. The first-order valence-electron chi connectivity index (χ1n) is 3.77. The van der Waals surface area contributed by atoms with Crippen LogP contribution in [0.4, 0.5) is 0 Å². The Morgan fingerprint density at radius 2 is 2.17 bits per heavy atom. The first-order valence-corrected chi connectivity index (χ1v) is 3.77. The number of aliphatic carboxylic acids is 1. The van der Waals surface area contributed by atoms with E-state index in [9.17, 15) is 9.90 Å². The Morgan fingerprint density at radius 1 is 1.67 bits per heavy atom. The third-order valence-electron chi connectivity index (χ3n) is 1.76. The molecule has 3 nitrogen and oxygen atoms in total. The topological polar surface area (TPSA) is 57.5 Å². The van der Waals surface area contributed by atoms with Gasteiger partial charge in [0, 0.05) is 11.5 Å². The minimum Gasteiger partial charge on any atom is -0.478 e. The van der Waals surface area contributed by atoms with Gasteiger partial charge in [-0.1, -0.05) is 19.6 Å². The maximum absolute atomic E-state index is 10.5. The minimum absolute atomic E-state index is 0.0145. The maximum Gasteiger partial charge on any atom is 0.331 e. The van der Waals surface area contributed by atoms with Gasteiger partial charge in [-0.25, -0.2) is 4.79 Å². The van der Waals surface area contributed by atoms with Gasteiger partial charge >= 0.3 is 5.97 Å². The molecule has 0 aromatic heterocycles. The third-order valence-corrected chi connectivity index (χ3v) is 1.76. The molecule has 2 atom stereocenters. The molecule has 3 heteroatoms. The Labute approximate surface area is 72.0 Å². The number of carbonyl (C=O) groups is 1. The quantitative estimate of drug-likeness (QED) is 0.481. The van der Waals surface area contributed by atoms with Gasteiger partial charge in [-0.15, -0.1) is 6.58 Å². The zero-order valence-electron chi connectivity index (χ0n) is 7.16. The van der Waals surface area contributed by atoms with E-state index < -0.39 is 18.0 Å². The summed E-state index contributed by atoms with van der Waals surface area (Å²) in [5.41, 5.74) is -0.0145. The molecule has 0 radical (unpaired) electrons. The van der Waals surface area contributed by atoms with Crippen LogP contribution >= 0.6 is 0 Å². The summed E-state index contributed by atoms with van der Waals surface area (Å²) in [7, 11) is 0. The van der Waals surface area contributed by atoms with Crippen molar-refractivity contribution in [3.8, 4) is 0 Å². The average molecular weight is 170 g/mol. The highest BCUT2D eigenvalue weighted by Crippen LogP contribution is 2.17. The molecule has 0 aromatic rings. The SMILES string of the molecule is C=CC(C(=C)C(=O)O)C(O)CC. The largest absolute Gasteiger partial charge is 0.478 e. The van der Waals surface area contributed by atoms with Gasteiger partial charge in [-0.05, 0) is 6.42 Å². The van der Waals surface area contributed by atoms with E-state index in [1.165, 1.54) is 6.08 Å². The predicted octanol–water partition coefficient (Wildman–Crippen LogP) is 1.20. The van der Waals surface area contributed by atoms with Crippen LogP contribution in [-0.2, 0) is 4.79 Å². The highest BCUT2D eigenvalue weighted by atomic mass is 16.4. The van der Waals surface area contributed by atoms with Gasteiger partial charge in [-0.2, -0.15) is 0 Å². The number of hydrogen-bond acceptors (Lipinski definition) is 2. The molecule has 0 spiro atoms. The van der Waals surface area contributed by atoms with Crippen LogP contribution in [0.2, 0.25) is 0 Å². The highest BCUT2D eigenvalue weighted by Gasteiger charge is 2.21. The Kier molecular flexibility index (Phi) is 4.29. The van der Waals surface area contributed by atoms with Crippen molar-refractivity contribution in [1.29, 1.82) is 0 Å². The zero-order chi connectivity index (χ0) is 9.72. The Morgan fingerprint density at radius 3 is 2.42 bits per heavy atom. The van der Waals surface area contributed by atoms with Crippen LogP contribution < -0.4 is 0 Å². The normalized spacial score (nSPS) is 14.8. The molecule has 12 heavy (non-hydrogen) atoms. The third kappa shape index (κ3) is 2.51. The summed E-state index contributed by atoms with van der Waals surface area (Å²) in [6.45, 7) is 8.59. The van der Waals surface area contributed by atoms with Crippen LogP contribution in [0.5, 0.6) is 0 Å². The summed E-state index contributed by atoms with van der Waals surface area (Å²) in [4.78, 5) is 10.5. The molecular formula is C9H14O3. The summed E-state index contributed by atoms with van der Waals surface area (Å²) in [6.07, 6.45) is 1.19. The first kappa shape index (κ1) is 10.9. The van der Waals surface area contributed by atoms with Gasteiger partial charge in [-0.3, -0.25) is 0 Å². The van der Waals surface area contributed by atoms with E-state index in [0.717, 1.165) is 0 Å². The summed E-state index contributed by atoms with van der Waals surface area (Å²) in [5, 5.41) is 17.9. The number of rotatable bonds is 5. The van der Waals surface area contributed by atoms with E-state index in [2.05, 4.69) is 13.2 Å². The second kappa shape index (κ2) is 4.72. The molecule has 0 bridgehead atoms. The number of hydrogen-bond donors (Lipinski definition) is 2. The number of carboxylic acids is 1. The molecular weight excluding hydrogens is 156 g/mol. The second-order valence-electron chi connectivity index (χ2n) is 2.57. The van der Waals surface area contributed by atoms with Gasteiger partial charge in [0.05, 0.1) is 6.10 Å². The number of carboxylic acid groups (broad SMARTS) is 1. The Bertz CT molecular complexity index is 196. The van der Waals surface area contributed by atoms with Crippen LogP contribution in [0.1, 0.15) is 13.3 Å². The van der Waals surface area contributed by atoms with Crippen molar-refractivity contribution in [2.45, 2.75) is 19.4 Å². The molecule has 0 saturated heterocycles. The fourth-order valence-electron chi connectivity index (χ4n) is 0.928. The fraction of sp³-hybridized carbons (Fsp3) is 0.444. The lowest BCUT2D eigenvalue weighted by Gasteiger charge is -2.17. The van der Waals surface area contributed by atoms with Crippen LogP contribution in [0.15, 0.2) is 24.8 Å². The molecule has 0 rings (SSSR count). The second-order valence-corrected chi connectivity index (χ2v) is 2.57. The maximum atomic E-state index is 10.5. The lowest BCUT2D eigenvalue weighted by Crippen LogP contribution is -2.22. The van der Waals surface area contributed by atoms with Crippen molar-refractivity contribution < 1.29 is 15.0 Å². The van der Waals surface area contributed by atoms with Crippen molar-refractivity contribution in [3.05, 3.63) is 24.8 Å². The molecule has 0 heterocycles. The molecule has 0 amide bonds. The van der Waals surface area contributed by atoms with Crippen molar-refractivity contribution in [3.63, 3.8) is 0 Å². The van der Waals surface area contributed by atoms with Crippen LogP contribution in [0.25, 0.3) is 0 Å². The predicted molar refractivity (Wildman–Crippen MR) is 46.8 cm³/mol. The van der Waals surface area contributed by atoms with Gasteiger partial charge in [0.25, 0.3) is 0 Å². The lowest BCUT2D eigenvalue weighted by atomic mass is 9.93. The van der Waals surface area contributed by atoms with Gasteiger partial charge in [0.2, 0.25) is 0 Å². The van der Waals surface area contributed by atoms with E-state index in [1.807, 2.05) is 0 Å². The molecule has 0 fully saturated rings. The number of aliphatic hydroxyl groups is 1. The molecule has 0 aromatic carbocycles. The molecule has 68 valence electrons. The zero-order valence-corrected chi connectivity index (χ0v) is 7.16. The van der Waals surface area contributed by atoms with E-state index in [-0.39, 0.29) is 5.57 Å². The van der Waals surface area contributed by atoms with Crippen LogP contribution in [0.3, 0.4) is 0 Å². The van der Waals surface area contributed by atoms with Crippen molar-refractivity contribution >= 4 is 5.97 Å². The highest BCUT2D eigenvalue weighted by molar-refractivity contribution is 5.86. The molecule has 0 aliphatic rings. The molecule has 2 unspecified atom stereocenters. The van der Waals surface area contributed by atoms with Crippen molar-refractivity contribution in [1.82, 2.24) is 0 Å². The Hall–Kier alpha value is -1.09. The van der Waals surface area contributed by atoms with E-state index in [1.54, 1.807) is 6.92 Å². The van der Waals surface area contributed by atoms with E-state index >= 15 is 0 Å². The summed E-state index contributed by atoms with van der Waals surface area (Å²) < 4.78 is 0. The smallest absolute Gasteiger partial charge is 0.331 e. The summed E-state index contributed by atoms with van der Waals surface area (Å²) >= 11 is 0. The molecule has 2 N–H and O–H groups in total. The summed E-state index contributed by atoms with van der Waals surface area (Å²) in [6, 6.07) is 0. The van der Waals surface area contributed by atoms with Crippen molar-refractivity contribution in [2.75, 3.05) is 0 Å². The molecule has 0 saturated carbocycles. The van der Waals surface area contributed by atoms with Gasteiger partial charge < -0.3 is 10.2 Å². The molecule has 0 aliphatic carbocycles. The summed E-state index contributed by atoms with van der Waals surface area (Å²) in [5.74, 6) is -1.64. The van der Waals surface area contributed by atoms with Crippen LogP contribution in [-0.4, -0.2) is 22.3 Å². The Balaban J connectivity index is 4.44. The van der Waals surface area contributed by atoms with Gasteiger partial charge in [0.1, 0.15) is 0 Å². The first-order chi connectivity index (χ1) is 5.54. The monoisotopic (exact) mass is 170 g/mol. The van der Waals surface area contributed by atoms with Crippen LogP contribution in [0, 0.1) is 5.92 Å². The van der Waals surface area contributed by atoms with Gasteiger partial charge in [0.15, 0.2) is 0 Å². The number of aliphatic hydroxyl groups excluding tert-OH is 1. The lowest BCUT2D eigenvalue weighted by molar-refractivity contribution is -0.133. The van der Waals surface area contributed by atoms with E-state index in [0.29, 0.717) is 6.42 Å². The molecule has 0 aliphatic heterocycles.